The Kier molecular flexibility index (Phi) is 9.38. The zero-order valence-corrected chi connectivity index (χ0v) is 20.7. The van der Waals surface area contributed by atoms with Crippen LogP contribution in [0.25, 0.3) is 5.57 Å². The Morgan fingerprint density at radius 2 is 2.12 bits per heavy atom. The van der Waals surface area contributed by atoms with Crippen molar-refractivity contribution in [3.05, 3.63) is 40.0 Å². The summed E-state index contributed by atoms with van der Waals surface area (Å²) < 4.78 is 11.0. The highest BCUT2D eigenvalue weighted by molar-refractivity contribution is 7.11. The molecular formula is C24H34N4O3S. The Morgan fingerprint density at radius 1 is 1.38 bits per heavy atom. The second-order valence-corrected chi connectivity index (χ2v) is 9.47. The topological polar surface area (TPSA) is 75.9 Å². The fourth-order valence-electron chi connectivity index (χ4n) is 3.31. The molecule has 0 radical (unpaired) electrons. The van der Waals surface area contributed by atoms with Crippen LogP contribution in [0.5, 0.6) is 0 Å². The molecule has 2 heterocycles. The number of thiophene rings is 1. The van der Waals surface area contributed by atoms with Gasteiger partial charge in [-0.15, -0.1) is 11.3 Å². The number of allylic oxidation sites excluding steroid dienone is 3. The van der Waals surface area contributed by atoms with Gasteiger partial charge < -0.3 is 14.4 Å². The molecule has 1 fully saturated rings. The molecule has 0 spiro atoms. The van der Waals surface area contributed by atoms with Gasteiger partial charge in [-0.2, -0.15) is 0 Å². The first kappa shape index (κ1) is 25.5. The third kappa shape index (κ3) is 7.44. The van der Waals surface area contributed by atoms with Gasteiger partial charge in [-0.25, -0.2) is 14.8 Å². The van der Waals surface area contributed by atoms with Gasteiger partial charge in [0, 0.05) is 37.1 Å². The summed E-state index contributed by atoms with van der Waals surface area (Å²) in [7, 11) is 3.34. The van der Waals surface area contributed by atoms with Gasteiger partial charge in [-0.1, -0.05) is 6.07 Å². The number of piperidine rings is 1. The zero-order chi connectivity index (χ0) is 23.7. The molecule has 8 heteroatoms. The van der Waals surface area contributed by atoms with Crippen molar-refractivity contribution in [1.82, 2.24) is 4.90 Å². The standard InChI is InChI=1S/C24H34N4O3S/c1-17(30-7)14-20(18-10-8-12-28(16-18)23(29)31-24(2,3)4)27-22(26-6)19(15-25-5)21-11-9-13-32-21/h9,11,13-15,18H,6,8,10,12,16H2,1-5,7H3/b17-14+,22-19-,25-15-,27-20+. The molecule has 0 aromatic carbocycles. The Morgan fingerprint density at radius 3 is 2.69 bits per heavy atom. The predicted octanol–water partition coefficient (Wildman–Crippen LogP) is 5.46. The first-order valence-electron chi connectivity index (χ1n) is 10.6. The van der Waals surface area contributed by atoms with Crippen LogP contribution in [0.4, 0.5) is 4.79 Å². The summed E-state index contributed by atoms with van der Waals surface area (Å²) >= 11 is 1.59. The van der Waals surface area contributed by atoms with E-state index in [1.165, 1.54) is 0 Å². The van der Waals surface area contributed by atoms with Gasteiger partial charge >= 0.3 is 6.09 Å². The van der Waals surface area contributed by atoms with Crippen molar-refractivity contribution >= 4 is 41.6 Å². The minimum Gasteiger partial charge on any atom is -0.501 e. The lowest BCUT2D eigenvalue weighted by Crippen LogP contribution is -2.44. The zero-order valence-electron chi connectivity index (χ0n) is 19.9. The summed E-state index contributed by atoms with van der Waals surface area (Å²) in [6.45, 7) is 12.4. The van der Waals surface area contributed by atoms with Gasteiger partial charge in [0.05, 0.1) is 24.2 Å². The Hall–Kier alpha value is -2.74. The number of carbonyl (C=O) groups excluding carboxylic acids is 1. The summed E-state index contributed by atoms with van der Waals surface area (Å²) in [5.41, 5.74) is 1.06. The number of amides is 1. The molecule has 0 N–H and O–H groups in total. The van der Waals surface area contributed by atoms with Crippen molar-refractivity contribution in [2.45, 2.75) is 46.1 Å². The van der Waals surface area contributed by atoms with E-state index in [9.17, 15) is 4.79 Å². The maximum absolute atomic E-state index is 12.7. The predicted molar refractivity (Wildman–Crippen MR) is 134 cm³/mol. The molecule has 0 saturated carbocycles. The normalized spacial score (nSPS) is 19.1. The molecule has 7 nitrogen and oxygen atoms in total. The third-order valence-electron chi connectivity index (χ3n) is 4.83. The van der Waals surface area contributed by atoms with Crippen LogP contribution in [0.15, 0.2) is 50.1 Å². The molecule has 1 aliphatic rings. The summed E-state index contributed by atoms with van der Waals surface area (Å²) in [4.78, 5) is 28.7. The van der Waals surface area contributed by atoms with Crippen LogP contribution in [-0.4, -0.2) is 62.5 Å². The maximum atomic E-state index is 12.7. The van der Waals surface area contributed by atoms with Gasteiger partial charge in [0.1, 0.15) is 5.60 Å². The molecule has 174 valence electrons. The molecule has 1 amide bonds. The molecule has 0 aliphatic carbocycles. The van der Waals surface area contributed by atoms with E-state index in [2.05, 4.69) is 16.7 Å². The minimum absolute atomic E-state index is 0.0151. The van der Waals surface area contributed by atoms with E-state index in [-0.39, 0.29) is 12.0 Å². The molecule has 0 bridgehead atoms. The highest BCUT2D eigenvalue weighted by Crippen LogP contribution is 2.27. The first-order valence-corrected chi connectivity index (χ1v) is 11.5. The number of nitrogens with zero attached hydrogens (tertiary/aromatic N) is 4. The molecule has 1 saturated heterocycles. The van der Waals surface area contributed by atoms with Crippen LogP contribution >= 0.6 is 11.3 Å². The van der Waals surface area contributed by atoms with Gasteiger partial charge in [0.15, 0.2) is 5.82 Å². The van der Waals surface area contributed by atoms with E-state index >= 15 is 0 Å². The van der Waals surface area contributed by atoms with Crippen molar-refractivity contribution in [1.29, 1.82) is 0 Å². The number of carbonyl (C=O) groups is 1. The Labute approximate surface area is 195 Å². The second kappa shape index (κ2) is 11.8. The maximum Gasteiger partial charge on any atom is 0.410 e. The van der Waals surface area contributed by atoms with Crippen LogP contribution < -0.4 is 0 Å². The average Bonchev–Trinajstić information content (AvgIpc) is 3.28. The van der Waals surface area contributed by atoms with Crippen molar-refractivity contribution in [3.63, 3.8) is 0 Å². The summed E-state index contributed by atoms with van der Waals surface area (Å²) in [5, 5.41) is 2.00. The van der Waals surface area contributed by atoms with Crippen molar-refractivity contribution in [2.24, 2.45) is 20.9 Å². The molecule has 1 aromatic rings. The molecule has 1 aromatic heterocycles. The van der Waals surface area contributed by atoms with Crippen LogP contribution in [0, 0.1) is 5.92 Å². The van der Waals surface area contributed by atoms with E-state index in [1.807, 2.05) is 51.3 Å². The largest absolute Gasteiger partial charge is 0.501 e. The number of hydrogen-bond acceptors (Lipinski definition) is 7. The highest BCUT2D eigenvalue weighted by Gasteiger charge is 2.30. The minimum atomic E-state index is -0.536. The van der Waals surface area contributed by atoms with Gasteiger partial charge in [-0.05, 0) is 64.8 Å². The van der Waals surface area contributed by atoms with Crippen LogP contribution in [0.1, 0.15) is 45.4 Å². The number of aliphatic imine (C=N–C) groups is 3. The number of methoxy groups -OCH3 is 1. The molecule has 1 unspecified atom stereocenters. The summed E-state index contributed by atoms with van der Waals surface area (Å²) in [5.74, 6) is 1.23. The lowest BCUT2D eigenvalue weighted by atomic mass is 9.92. The monoisotopic (exact) mass is 458 g/mol. The van der Waals surface area contributed by atoms with Crippen LogP contribution in [0.2, 0.25) is 0 Å². The van der Waals surface area contributed by atoms with Crippen LogP contribution in [0.3, 0.4) is 0 Å². The lowest BCUT2D eigenvalue weighted by molar-refractivity contribution is 0.0194. The molecule has 1 aliphatic heterocycles. The van der Waals surface area contributed by atoms with Gasteiger partial charge in [0.25, 0.3) is 0 Å². The molecule has 32 heavy (non-hydrogen) atoms. The van der Waals surface area contributed by atoms with E-state index in [1.54, 1.807) is 36.6 Å². The summed E-state index contributed by atoms with van der Waals surface area (Å²) in [6, 6.07) is 3.98. The van der Waals surface area contributed by atoms with Gasteiger partial charge in [-0.3, -0.25) is 4.99 Å². The lowest BCUT2D eigenvalue weighted by Gasteiger charge is -2.34. The van der Waals surface area contributed by atoms with Crippen molar-refractivity contribution in [2.75, 3.05) is 27.2 Å². The Bertz CT molecular complexity index is 908. The van der Waals surface area contributed by atoms with Crippen LogP contribution in [-0.2, 0) is 9.47 Å². The molecule has 2 rings (SSSR count). The second-order valence-electron chi connectivity index (χ2n) is 8.52. The summed E-state index contributed by atoms with van der Waals surface area (Å²) in [6.07, 6.45) is 5.11. The van der Waals surface area contributed by atoms with E-state index in [0.29, 0.717) is 18.9 Å². The van der Waals surface area contributed by atoms with Crippen molar-refractivity contribution in [3.8, 4) is 0 Å². The number of hydrogen-bond donors (Lipinski definition) is 0. The van der Waals surface area contributed by atoms with Crippen molar-refractivity contribution < 1.29 is 14.3 Å². The highest BCUT2D eigenvalue weighted by atomic mass is 32.1. The fraction of sp³-hybridized carbons (Fsp3) is 0.500. The van der Waals surface area contributed by atoms with E-state index < -0.39 is 5.60 Å². The van der Waals surface area contributed by atoms with Gasteiger partial charge in [0.2, 0.25) is 0 Å². The smallest absolute Gasteiger partial charge is 0.410 e. The molecule has 1 atom stereocenters. The van der Waals surface area contributed by atoms with E-state index in [0.717, 1.165) is 34.8 Å². The number of likely N-dealkylation sites (tertiary alicyclic amines) is 1. The Balaban J connectivity index is 2.46. The van der Waals surface area contributed by atoms with E-state index in [4.69, 9.17) is 14.5 Å². The number of ether oxygens (including phenoxy) is 2. The third-order valence-corrected chi connectivity index (χ3v) is 5.74. The quantitative estimate of drug-likeness (QED) is 0.402. The number of rotatable bonds is 7. The average molecular weight is 459 g/mol. The first-order chi connectivity index (χ1) is 15.2. The SMILES string of the molecule is C=NC(/N=C(\C=C(/C)OC)C1CCCN(C(=O)OC(C)(C)C)C1)=C(\C=N/C)c1cccs1. The fourth-order valence-corrected chi connectivity index (χ4v) is 4.05. The molecular weight excluding hydrogens is 424 g/mol.